The Kier molecular flexibility index (Phi) is 7.18. The van der Waals surface area contributed by atoms with Gasteiger partial charge in [-0.25, -0.2) is 0 Å². The lowest BCUT2D eigenvalue weighted by atomic mass is 10.1. The third-order valence-electron chi connectivity index (χ3n) is 2.59. The molecule has 21 heavy (non-hydrogen) atoms. The number of carbonyl (C=O) groups excluding carboxylic acids is 1. The number of halogens is 1. The molecule has 0 radical (unpaired) electrons. The second-order valence-electron chi connectivity index (χ2n) is 5.68. The van der Waals surface area contributed by atoms with Gasteiger partial charge in [0.2, 0.25) is 0 Å². The maximum atomic E-state index is 11.8. The number of esters is 1. The minimum Gasteiger partial charge on any atom is -0.491 e. The fourth-order valence-electron chi connectivity index (χ4n) is 1.70. The number of hydrogen-bond donors (Lipinski definition) is 0. The van der Waals surface area contributed by atoms with Crippen LogP contribution in [0.3, 0.4) is 0 Å². The van der Waals surface area contributed by atoms with Crippen LogP contribution in [0, 0.1) is 0 Å². The molecule has 0 aliphatic rings. The molecule has 1 aromatic carbocycles. The fraction of sp³-hybridized carbons (Fsp3) is 0.562. The maximum Gasteiger partial charge on any atom is 0.306 e. The average molecular weight is 359 g/mol. The van der Waals surface area contributed by atoms with Gasteiger partial charge in [0.05, 0.1) is 6.61 Å². The van der Waals surface area contributed by atoms with Crippen molar-refractivity contribution in [3.05, 3.63) is 28.2 Å². The Bertz CT molecular complexity index is 466. The zero-order valence-electron chi connectivity index (χ0n) is 13.1. The molecule has 0 saturated heterocycles. The van der Waals surface area contributed by atoms with Crippen molar-refractivity contribution in [2.24, 2.45) is 0 Å². The topological polar surface area (TPSA) is 44.8 Å². The standard InChI is InChI=1S/C16H23BrO4/c1-16(2,3)21-15(18)8-5-12-11-13(6-7-14(12)17)20-10-9-19-4/h6-7,11H,5,8-10H2,1-4H3. The Balaban J connectivity index is 2.57. The Hall–Kier alpha value is -1.07. The molecule has 0 aliphatic carbocycles. The van der Waals surface area contributed by atoms with Gasteiger partial charge in [-0.1, -0.05) is 15.9 Å². The summed E-state index contributed by atoms with van der Waals surface area (Å²) >= 11 is 3.49. The van der Waals surface area contributed by atoms with Gasteiger partial charge >= 0.3 is 5.97 Å². The summed E-state index contributed by atoms with van der Waals surface area (Å²) in [5, 5.41) is 0. The molecule has 4 nitrogen and oxygen atoms in total. The Labute approximate surface area is 134 Å². The van der Waals surface area contributed by atoms with E-state index in [1.165, 1.54) is 0 Å². The van der Waals surface area contributed by atoms with Crippen molar-refractivity contribution < 1.29 is 19.0 Å². The predicted octanol–water partition coefficient (Wildman–Crippen LogP) is 3.75. The highest BCUT2D eigenvalue weighted by Gasteiger charge is 2.16. The zero-order chi connectivity index (χ0) is 15.9. The number of rotatable bonds is 7. The Morgan fingerprint density at radius 3 is 2.57 bits per heavy atom. The van der Waals surface area contributed by atoms with Crippen molar-refractivity contribution in [3.63, 3.8) is 0 Å². The predicted molar refractivity (Wildman–Crippen MR) is 85.7 cm³/mol. The van der Waals surface area contributed by atoms with Gasteiger partial charge in [0.1, 0.15) is 18.0 Å². The van der Waals surface area contributed by atoms with Crippen LogP contribution in [-0.4, -0.2) is 31.9 Å². The van der Waals surface area contributed by atoms with Crippen LogP contribution < -0.4 is 4.74 Å². The third-order valence-corrected chi connectivity index (χ3v) is 3.37. The lowest BCUT2D eigenvalue weighted by Crippen LogP contribution is -2.24. The summed E-state index contributed by atoms with van der Waals surface area (Å²) in [4.78, 5) is 11.8. The smallest absolute Gasteiger partial charge is 0.306 e. The van der Waals surface area contributed by atoms with E-state index in [2.05, 4.69) is 15.9 Å². The minimum atomic E-state index is -0.445. The monoisotopic (exact) mass is 358 g/mol. The quantitative estimate of drug-likeness (QED) is 0.550. The van der Waals surface area contributed by atoms with Crippen LogP contribution >= 0.6 is 15.9 Å². The second-order valence-corrected chi connectivity index (χ2v) is 6.54. The fourth-order valence-corrected chi connectivity index (χ4v) is 2.15. The van der Waals surface area contributed by atoms with Gasteiger partial charge in [-0.15, -0.1) is 0 Å². The minimum absolute atomic E-state index is 0.194. The van der Waals surface area contributed by atoms with Crippen molar-refractivity contribution >= 4 is 21.9 Å². The molecule has 0 spiro atoms. The van der Waals surface area contributed by atoms with E-state index in [0.29, 0.717) is 26.1 Å². The lowest BCUT2D eigenvalue weighted by molar-refractivity contribution is -0.154. The maximum absolute atomic E-state index is 11.8. The molecule has 1 rings (SSSR count). The lowest BCUT2D eigenvalue weighted by Gasteiger charge is -2.19. The summed E-state index contributed by atoms with van der Waals surface area (Å²) in [6.07, 6.45) is 0.953. The van der Waals surface area contributed by atoms with Gasteiger partial charge in [0.15, 0.2) is 0 Å². The highest BCUT2D eigenvalue weighted by molar-refractivity contribution is 9.10. The van der Waals surface area contributed by atoms with Gasteiger partial charge in [0.25, 0.3) is 0 Å². The molecular weight excluding hydrogens is 336 g/mol. The van der Waals surface area contributed by atoms with Crippen molar-refractivity contribution in [1.82, 2.24) is 0 Å². The van der Waals surface area contributed by atoms with Crippen LogP contribution in [0.5, 0.6) is 5.75 Å². The Morgan fingerprint density at radius 2 is 1.95 bits per heavy atom. The number of ether oxygens (including phenoxy) is 3. The van der Waals surface area contributed by atoms with E-state index in [9.17, 15) is 4.79 Å². The Morgan fingerprint density at radius 1 is 1.24 bits per heavy atom. The molecule has 0 N–H and O–H groups in total. The van der Waals surface area contributed by atoms with Gasteiger partial charge < -0.3 is 14.2 Å². The van der Waals surface area contributed by atoms with Crippen LogP contribution in [0.1, 0.15) is 32.8 Å². The van der Waals surface area contributed by atoms with Gasteiger partial charge in [0, 0.05) is 18.0 Å². The van der Waals surface area contributed by atoms with E-state index in [0.717, 1.165) is 15.8 Å². The highest BCUT2D eigenvalue weighted by Crippen LogP contribution is 2.24. The molecule has 1 aromatic rings. The summed E-state index contributed by atoms with van der Waals surface area (Å²) in [7, 11) is 1.64. The SMILES string of the molecule is COCCOc1ccc(Br)c(CCC(=O)OC(C)(C)C)c1. The van der Waals surface area contributed by atoms with Crippen LogP contribution in [0.15, 0.2) is 22.7 Å². The van der Waals surface area contributed by atoms with E-state index >= 15 is 0 Å². The molecule has 0 heterocycles. The second kappa shape index (κ2) is 8.39. The van der Waals surface area contributed by atoms with Crippen molar-refractivity contribution in [2.75, 3.05) is 20.3 Å². The summed E-state index contributed by atoms with van der Waals surface area (Å²) in [6.45, 7) is 6.65. The first-order valence-corrected chi connectivity index (χ1v) is 7.73. The normalized spacial score (nSPS) is 11.3. The number of benzene rings is 1. The molecule has 0 aromatic heterocycles. The third kappa shape index (κ3) is 7.48. The molecule has 0 amide bonds. The van der Waals surface area contributed by atoms with E-state index in [4.69, 9.17) is 14.2 Å². The van der Waals surface area contributed by atoms with Crippen molar-refractivity contribution in [3.8, 4) is 5.75 Å². The zero-order valence-corrected chi connectivity index (χ0v) is 14.7. The first-order valence-electron chi connectivity index (χ1n) is 6.94. The number of hydrogen-bond acceptors (Lipinski definition) is 4. The molecule has 0 fully saturated rings. The summed E-state index contributed by atoms with van der Waals surface area (Å²) in [5.41, 5.74) is 0.579. The highest BCUT2D eigenvalue weighted by atomic mass is 79.9. The van der Waals surface area contributed by atoms with E-state index < -0.39 is 5.60 Å². The van der Waals surface area contributed by atoms with E-state index in [1.807, 2.05) is 39.0 Å². The first-order chi connectivity index (χ1) is 9.81. The molecule has 0 unspecified atom stereocenters. The van der Waals surface area contributed by atoms with Crippen LogP contribution in [0.25, 0.3) is 0 Å². The largest absolute Gasteiger partial charge is 0.491 e. The number of aryl methyl sites for hydroxylation is 1. The van der Waals surface area contributed by atoms with E-state index in [-0.39, 0.29) is 5.97 Å². The molecule has 0 saturated carbocycles. The molecule has 0 bridgehead atoms. The summed E-state index contributed by atoms with van der Waals surface area (Å²) in [6, 6.07) is 5.74. The molecule has 118 valence electrons. The number of carbonyl (C=O) groups is 1. The van der Waals surface area contributed by atoms with Gasteiger partial charge in [-0.3, -0.25) is 4.79 Å². The average Bonchev–Trinajstić information content (AvgIpc) is 2.37. The molecule has 5 heteroatoms. The molecular formula is C16H23BrO4. The van der Waals surface area contributed by atoms with Crippen molar-refractivity contribution in [2.45, 2.75) is 39.2 Å². The first kappa shape index (κ1) is 18.0. The van der Waals surface area contributed by atoms with E-state index in [1.54, 1.807) is 7.11 Å². The van der Waals surface area contributed by atoms with Gasteiger partial charge in [-0.2, -0.15) is 0 Å². The number of methoxy groups -OCH3 is 1. The summed E-state index contributed by atoms with van der Waals surface area (Å²) < 4.78 is 16.8. The molecule has 0 atom stereocenters. The van der Waals surface area contributed by atoms with Crippen molar-refractivity contribution in [1.29, 1.82) is 0 Å². The van der Waals surface area contributed by atoms with Crippen LogP contribution in [-0.2, 0) is 20.7 Å². The van der Waals surface area contributed by atoms with Crippen LogP contribution in [0.4, 0.5) is 0 Å². The molecule has 0 aliphatic heterocycles. The summed E-state index contributed by atoms with van der Waals surface area (Å²) in [5.74, 6) is 0.578. The van der Waals surface area contributed by atoms with Gasteiger partial charge in [-0.05, 0) is 51.0 Å². The van der Waals surface area contributed by atoms with Crippen LogP contribution in [0.2, 0.25) is 0 Å².